The second-order valence-electron chi connectivity index (χ2n) is 3.75. The Balaban J connectivity index is 2.55. The molecular formula is C13H17NO2. The van der Waals surface area contributed by atoms with E-state index >= 15 is 0 Å². The number of aromatic hydroxyl groups is 1. The Morgan fingerprint density at radius 1 is 1.31 bits per heavy atom. The molecule has 0 amide bonds. The summed E-state index contributed by atoms with van der Waals surface area (Å²) in [6, 6.07) is 5.61. The van der Waals surface area contributed by atoms with Gasteiger partial charge < -0.3 is 14.4 Å². The fourth-order valence-electron chi connectivity index (χ4n) is 2.00. The molecule has 3 heteroatoms. The molecule has 0 aliphatic rings. The van der Waals surface area contributed by atoms with Crippen LogP contribution in [0.4, 0.5) is 0 Å². The van der Waals surface area contributed by atoms with Crippen LogP contribution < -0.4 is 0 Å². The first-order chi connectivity index (χ1) is 7.77. The Morgan fingerprint density at radius 2 is 2.12 bits per heavy atom. The number of hydrogen-bond acceptors (Lipinski definition) is 2. The van der Waals surface area contributed by atoms with E-state index in [1.165, 1.54) is 0 Å². The van der Waals surface area contributed by atoms with Gasteiger partial charge in [0, 0.05) is 30.3 Å². The van der Waals surface area contributed by atoms with Crippen LogP contribution >= 0.6 is 0 Å². The Morgan fingerprint density at radius 3 is 2.81 bits per heavy atom. The largest absolute Gasteiger partial charge is 0.507 e. The van der Waals surface area contributed by atoms with E-state index in [2.05, 4.69) is 17.7 Å². The molecule has 0 unspecified atom stereocenters. The van der Waals surface area contributed by atoms with Gasteiger partial charge >= 0.3 is 0 Å². The van der Waals surface area contributed by atoms with Gasteiger partial charge in [-0.2, -0.15) is 0 Å². The third-order valence-corrected chi connectivity index (χ3v) is 2.77. The summed E-state index contributed by atoms with van der Waals surface area (Å²) < 4.78 is 7.54. The van der Waals surface area contributed by atoms with Crippen LogP contribution in [0.25, 0.3) is 10.9 Å². The lowest BCUT2D eigenvalue weighted by Gasteiger charge is -2.01. The van der Waals surface area contributed by atoms with Gasteiger partial charge in [-0.15, -0.1) is 0 Å². The van der Waals surface area contributed by atoms with E-state index in [0.717, 1.165) is 23.0 Å². The van der Waals surface area contributed by atoms with Gasteiger partial charge in [0.05, 0.1) is 12.1 Å². The maximum atomic E-state index is 9.89. The SMILES string of the molecule is CCOCc1cn(CC)c2cccc(O)c12. The predicted octanol–water partition coefficient (Wildman–Crippen LogP) is 2.90. The van der Waals surface area contributed by atoms with Crippen LogP contribution in [0.2, 0.25) is 0 Å². The zero-order valence-electron chi connectivity index (χ0n) is 9.73. The van der Waals surface area contributed by atoms with Gasteiger partial charge in [0.15, 0.2) is 0 Å². The third-order valence-electron chi connectivity index (χ3n) is 2.77. The number of benzene rings is 1. The van der Waals surface area contributed by atoms with Crippen molar-refractivity contribution in [2.45, 2.75) is 27.0 Å². The van der Waals surface area contributed by atoms with Gasteiger partial charge in [0.25, 0.3) is 0 Å². The monoisotopic (exact) mass is 219 g/mol. The summed E-state index contributed by atoms with van der Waals surface area (Å²) in [6.45, 7) is 6.20. The highest BCUT2D eigenvalue weighted by Gasteiger charge is 2.10. The minimum absolute atomic E-state index is 0.333. The first kappa shape index (κ1) is 11.0. The average molecular weight is 219 g/mol. The summed E-state index contributed by atoms with van der Waals surface area (Å²) in [5.74, 6) is 0.333. The molecule has 1 aromatic carbocycles. The number of aromatic nitrogens is 1. The molecule has 0 fully saturated rings. The van der Waals surface area contributed by atoms with Crippen LogP contribution in [0.15, 0.2) is 24.4 Å². The molecule has 2 rings (SSSR count). The molecule has 0 spiro atoms. The van der Waals surface area contributed by atoms with Gasteiger partial charge in [-0.3, -0.25) is 0 Å². The first-order valence-corrected chi connectivity index (χ1v) is 5.65. The molecule has 1 heterocycles. The van der Waals surface area contributed by atoms with E-state index < -0.39 is 0 Å². The van der Waals surface area contributed by atoms with E-state index in [9.17, 15) is 5.11 Å². The molecule has 1 N–H and O–H groups in total. The molecule has 0 atom stereocenters. The maximum absolute atomic E-state index is 9.89. The number of hydrogen-bond donors (Lipinski definition) is 1. The molecule has 0 saturated heterocycles. The van der Waals surface area contributed by atoms with Crippen molar-refractivity contribution in [3.8, 4) is 5.75 Å². The van der Waals surface area contributed by atoms with Gasteiger partial charge in [-0.1, -0.05) is 6.07 Å². The molecule has 16 heavy (non-hydrogen) atoms. The number of rotatable bonds is 4. The normalized spacial score (nSPS) is 11.1. The van der Waals surface area contributed by atoms with Crippen LogP contribution in [0.3, 0.4) is 0 Å². The van der Waals surface area contributed by atoms with Gasteiger partial charge in [0.2, 0.25) is 0 Å². The number of ether oxygens (including phenoxy) is 1. The molecule has 86 valence electrons. The summed E-state index contributed by atoms with van der Waals surface area (Å²) in [5, 5.41) is 10.8. The van der Waals surface area contributed by atoms with Crippen molar-refractivity contribution in [2.75, 3.05) is 6.61 Å². The van der Waals surface area contributed by atoms with E-state index in [4.69, 9.17) is 4.74 Å². The van der Waals surface area contributed by atoms with E-state index in [-0.39, 0.29) is 0 Å². The highest BCUT2D eigenvalue weighted by molar-refractivity contribution is 5.89. The number of phenols is 1. The van der Waals surface area contributed by atoms with Crippen LogP contribution in [-0.2, 0) is 17.9 Å². The van der Waals surface area contributed by atoms with Gasteiger partial charge in [-0.25, -0.2) is 0 Å². The van der Waals surface area contributed by atoms with E-state index in [0.29, 0.717) is 19.0 Å². The van der Waals surface area contributed by atoms with Crippen LogP contribution in [0.1, 0.15) is 19.4 Å². The lowest BCUT2D eigenvalue weighted by Crippen LogP contribution is -1.91. The van der Waals surface area contributed by atoms with E-state index in [1.54, 1.807) is 6.07 Å². The van der Waals surface area contributed by atoms with Crippen molar-refractivity contribution in [2.24, 2.45) is 0 Å². The minimum Gasteiger partial charge on any atom is -0.507 e. The lowest BCUT2D eigenvalue weighted by atomic mass is 10.1. The Bertz CT molecular complexity index is 488. The predicted molar refractivity (Wildman–Crippen MR) is 64.6 cm³/mol. The third kappa shape index (κ3) is 1.78. The summed E-state index contributed by atoms with van der Waals surface area (Å²) in [5.41, 5.74) is 2.12. The Kier molecular flexibility index (Phi) is 3.15. The van der Waals surface area contributed by atoms with E-state index in [1.807, 2.05) is 19.1 Å². The summed E-state index contributed by atoms with van der Waals surface area (Å²) in [7, 11) is 0. The highest BCUT2D eigenvalue weighted by atomic mass is 16.5. The Labute approximate surface area is 95.3 Å². The zero-order valence-corrected chi connectivity index (χ0v) is 9.73. The molecule has 3 nitrogen and oxygen atoms in total. The number of fused-ring (bicyclic) bond motifs is 1. The molecule has 2 aromatic rings. The summed E-state index contributed by atoms with van der Waals surface area (Å²) >= 11 is 0. The maximum Gasteiger partial charge on any atom is 0.125 e. The topological polar surface area (TPSA) is 34.4 Å². The molecule has 0 saturated carbocycles. The molecule has 0 aliphatic heterocycles. The minimum atomic E-state index is 0.333. The van der Waals surface area contributed by atoms with Crippen molar-refractivity contribution in [1.82, 2.24) is 4.57 Å². The second kappa shape index (κ2) is 4.58. The molecule has 1 aromatic heterocycles. The Hall–Kier alpha value is -1.48. The summed E-state index contributed by atoms with van der Waals surface area (Å²) in [4.78, 5) is 0. The number of aryl methyl sites for hydroxylation is 1. The second-order valence-corrected chi connectivity index (χ2v) is 3.75. The quantitative estimate of drug-likeness (QED) is 0.858. The smallest absolute Gasteiger partial charge is 0.125 e. The standard InChI is InChI=1S/C13H17NO2/c1-3-14-8-10(9-16-4-2)13-11(14)6-5-7-12(13)15/h5-8,15H,3-4,9H2,1-2H3. The van der Waals surface area contributed by atoms with Crippen molar-refractivity contribution in [3.05, 3.63) is 30.0 Å². The van der Waals surface area contributed by atoms with Crippen molar-refractivity contribution < 1.29 is 9.84 Å². The van der Waals surface area contributed by atoms with Gasteiger partial charge in [0.1, 0.15) is 5.75 Å². The number of nitrogens with zero attached hydrogens (tertiary/aromatic N) is 1. The van der Waals surface area contributed by atoms with Crippen molar-refractivity contribution in [3.63, 3.8) is 0 Å². The highest BCUT2D eigenvalue weighted by Crippen LogP contribution is 2.30. The average Bonchev–Trinajstić information content (AvgIpc) is 2.66. The number of phenolic OH excluding ortho intramolecular Hbond substituents is 1. The lowest BCUT2D eigenvalue weighted by molar-refractivity contribution is 0.135. The fourth-order valence-corrected chi connectivity index (χ4v) is 2.00. The molecule has 0 radical (unpaired) electrons. The van der Waals surface area contributed by atoms with Crippen molar-refractivity contribution in [1.29, 1.82) is 0 Å². The summed E-state index contributed by atoms with van der Waals surface area (Å²) in [6.07, 6.45) is 2.06. The van der Waals surface area contributed by atoms with Crippen LogP contribution in [-0.4, -0.2) is 16.3 Å². The first-order valence-electron chi connectivity index (χ1n) is 5.65. The van der Waals surface area contributed by atoms with Gasteiger partial charge in [-0.05, 0) is 26.0 Å². The fraction of sp³-hybridized carbons (Fsp3) is 0.385. The van der Waals surface area contributed by atoms with Crippen LogP contribution in [0, 0.1) is 0 Å². The van der Waals surface area contributed by atoms with Crippen LogP contribution in [0.5, 0.6) is 5.75 Å². The zero-order chi connectivity index (χ0) is 11.5. The van der Waals surface area contributed by atoms with Crippen molar-refractivity contribution >= 4 is 10.9 Å². The molecule has 0 bridgehead atoms. The molecule has 0 aliphatic carbocycles. The molecular weight excluding hydrogens is 202 g/mol.